The van der Waals surface area contributed by atoms with E-state index >= 15 is 0 Å². The molecule has 0 spiro atoms. The number of aromatic nitrogens is 2. The van der Waals surface area contributed by atoms with E-state index in [1.165, 1.54) is 56.2 Å². The molecule has 0 atom stereocenters. The fraction of sp³-hybridized carbons (Fsp3) is 0.500. The molecule has 4 nitrogen and oxygen atoms in total. The van der Waals surface area contributed by atoms with Crippen LogP contribution < -0.4 is 10.6 Å². The summed E-state index contributed by atoms with van der Waals surface area (Å²) in [4.78, 5) is 9.54. The Hall–Kier alpha value is -1.62. The third-order valence-corrected chi connectivity index (χ3v) is 5.72. The highest BCUT2D eigenvalue weighted by molar-refractivity contribution is 9.10. The number of benzene rings is 1. The summed E-state index contributed by atoms with van der Waals surface area (Å²) in [5.74, 6) is 2.26. The molecule has 1 aromatic carbocycles. The number of hydrogen-bond donors (Lipinski definition) is 2. The van der Waals surface area contributed by atoms with Gasteiger partial charge >= 0.3 is 0 Å². The summed E-state index contributed by atoms with van der Waals surface area (Å²) in [5, 5.41) is 7.04. The Morgan fingerprint density at radius 1 is 1.00 bits per heavy atom. The van der Waals surface area contributed by atoms with Crippen LogP contribution in [0.3, 0.4) is 0 Å². The number of aryl methyl sites for hydroxylation is 1. The van der Waals surface area contributed by atoms with Crippen molar-refractivity contribution in [2.24, 2.45) is 0 Å². The molecule has 132 valence electrons. The minimum absolute atomic E-state index is 0.516. The minimum Gasteiger partial charge on any atom is -0.351 e. The highest BCUT2D eigenvalue weighted by Gasteiger charge is 2.26. The van der Waals surface area contributed by atoms with Gasteiger partial charge in [0.1, 0.15) is 5.82 Å². The zero-order chi connectivity index (χ0) is 17.2. The quantitative estimate of drug-likeness (QED) is 0.654. The number of nitrogens with zero attached hydrogens (tertiary/aromatic N) is 2. The van der Waals surface area contributed by atoms with Gasteiger partial charge in [0.2, 0.25) is 5.95 Å². The molecule has 2 aromatic rings. The second kappa shape index (κ2) is 7.32. The Labute approximate surface area is 158 Å². The molecule has 0 amide bonds. The van der Waals surface area contributed by atoms with Gasteiger partial charge < -0.3 is 10.6 Å². The summed E-state index contributed by atoms with van der Waals surface area (Å²) in [6, 6.07) is 8.94. The first kappa shape index (κ1) is 16.8. The van der Waals surface area contributed by atoms with Crippen molar-refractivity contribution >= 4 is 33.4 Å². The molecule has 2 saturated carbocycles. The van der Waals surface area contributed by atoms with Crippen molar-refractivity contribution in [3.05, 3.63) is 40.0 Å². The second-order valence-electron chi connectivity index (χ2n) is 7.36. The van der Waals surface area contributed by atoms with Crippen LogP contribution in [0.1, 0.15) is 62.1 Å². The second-order valence-corrected chi connectivity index (χ2v) is 8.22. The van der Waals surface area contributed by atoms with Crippen molar-refractivity contribution < 1.29 is 0 Å². The topological polar surface area (TPSA) is 49.8 Å². The van der Waals surface area contributed by atoms with Crippen LogP contribution in [-0.4, -0.2) is 16.0 Å². The van der Waals surface area contributed by atoms with Gasteiger partial charge in [-0.3, -0.25) is 0 Å². The third-order valence-electron chi connectivity index (χ3n) is 5.07. The van der Waals surface area contributed by atoms with Gasteiger partial charge in [0.25, 0.3) is 0 Å². The Bertz CT molecular complexity index is 751. The summed E-state index contributed by atoms with van der Waals surface area (Å²) in [6.07, 6.45) is 8.91. The van der Waals surface area contributed by atoms with Gasteiger partial charge in [-0.1, -0.05) is 25.3 Å². The third kappa shape index (κ3) is 4.32. The molecule has 5 heteroatoms. The standard InChI is InChI=1S/C20H25BrN4/c1-13-7-10-17(16(21)11-13)23-19-12-18(14-8-9-14)24-20(25-19)22-15-5-3-2-4-6-15/h7,10-12,14-15H,2-6,8-9H2,1H3,(H2,22,23,24,25). The van der Waals surface area contributed by atoms with E-state index in [1.807, 2.05) is 0 Å². The van der Waals surface area contributed by atoms with E-state index in [4.69, 9.17) is 9.97 Å². The van der Waals surface area contributed by atoms with E-state index in [9.17, 15) is 0 Å². The number of nitrogens with one attached hydrogen (secondary N) is 2. The Morgan fingerprint density at radius 3 is 2.52 bits per heavy atom. The highest BCUT2D eigenvalue weighted by atomic mass is 79.9. The predicted molar refractivity (Wildman–Crippen MR) is 107 cm³/mol. The number of hydrogen-bond acceptors (Lipinski definition) is 4. The molecular weight excluding hydrogens is 376 g/mol. The van der Waals surface area contributed by atoms with Gasteiger partial charge in [-0.05, 0) is 66.2 Å². The van der Waals surface area contributed by atoms with E-state index in [2.05, 4.69) is 57.8 Å². The highest BCUT2D eigenvalue weighted by Crippen LogP contribution is 2.40. The van der Waals surface area contributed by atoms with Crippen molar-refractivity contribution in [2.75, 3.05) is 10.6 Å². The van der Waals surface area contributed by atoms with E-state index in [0.29, 0.717) is 12.0 Å². The summed E-state index contributed by atoms with van der Waals surface area (Å²) in [5.41, 5.74) is 3.44. The van der Waals surface area contributed by atoms with Gasteiger partial charge in [-0.2, -0.15) is 4.98 Å². The van der Waals surface area contributed by atoms with Gasteiger partial charge in [0.15, 0.2) is 0 Å². The lowest BCUT2D eigenvalue weighted by Crippen LogP contribution is -2.23. The lowest BCUT2D eigenvalue weighted by molar-refractivity contribution is 0.460. The van der Waals surface area contributed by atoms with Crippen molar-refractivity contribution in [2.45, 2.75) is 63.8 Å². The molecule has 0 aliphatic heterocycles. The molecular formula is C20H25BrN4. The van der Waals surface area contributed by atoms with Gasteiger partial charge in [0.05, 0.1) is 11.4 Å². The zero-order valence-corrected chi connectivity index (χ0v) is 16.3. The van der Waals surface area contributed by atoms with Gasteiger partial charge in [-0.15, -0.1) is 0 Å². The van der Waals surface area contributed by atoms with Crippen LogP contribution in [0.2, 0.25) is 0 Å². The summed E-state index contributed by atoms with van der Waals surface area (Å²) in [6.45, 7) is 2.09. The van der Waals surface area contributed by atoms with Crippen LogP contribution in [0, 0.1) is 6.92 Å². The summed E-state index contributed by atoms with van der Waals surface area (Å²) >= 11 is 3.64. The normalized spacial score (nSPS) is 18.2. The fourth-order valence-corrected chi connectivity index (χ4v) is 4.06. The van der Waals surface area contributed by atoms with Crippen LogP contribution >= 0.6 is 15.9 Å². The minimum atomic E-state index is 0.516. The molecule has 0 saturated heterocycles. The van der Waals surface area contributed by atoms with Crippen molar-refractivity contribution in [3.63, 3.8) is 0 Å². The fourth-order valence-electron chi connectivity index (χ4n) is 3.47. The first-order valence-electron chi connectivity index (χ1n) is 9.36. The van der Waals surface area contributed by atoms with Crippen LogP contribution in [0.25, 0.3) is 0 Å². The molecule has 0 radical (unpaired) electrons. The lowest BCUT2D eigenvalue weighted by Gasteiger charge is -2.23. The van der Waals surface area contributed by atoms with Gasteiger partial charge in [0, 0.05) is 22.5 Å². The molecule has 2 fully saturated rings. The Morgan fingerprint density at radius 2 is 1.80 bits per heavy atom. The average molecular weight is 401 g/mol. The predicted octanol–water partition coefficient (Wildman–Crippen LogP) is 5.91. The van der Waals surface area contributed by atoms with E-state index in [-0.39, 0.29) is 0 Å². The number of anilines is 3. The summed E-state index contributed by atoms with van der Waals surface area (Å²) in [7, 11) is 0. The maximum Gasteiger partial charge on any atom is 0.225 e. The number of halogens is 1. The first-order chi connectivity index (χ1) is 12.2. The Balaban J connectivity index is 1.57. The zero-order valence-electron chi connectivity index (χ0n) is 14.7. The monoisotopic (exact) mass is 400 g/mol. The van der Waals surface area contributed by atoms with Crippen molar-refractivity contribution in [1.29, 1.82) is 0 Å². The molecule has 2 aliphatic rings. The molecule has 2 aliphatic carbocycles. The largest absolute Gasteiger partial charge is 0.351 e. The Kier molecular flexibility index (Phi) is 4.93. The molecule has 2 N–H and O–H groups in total. The first-order valence-corrected chi connectivity index (χ1v) is 10.2. The summed E-state index contributed by atoms with van der Waals surface area (Å²) < 4.78 is 1.06. The lowest BCUT2D eigenvalue weighted by atomic mass is 9.96. The van der Waals surface area contributed by atoms with Crippen LogP contribution in [-0.2, 0) is 0 Å². The SMILES string of the molecule is Cc1ccc(Nc2cc(C3CC3)nc(NC3CCCCC3)n2)c(Br)c1. The van der Waals surface area contributed by atoms with E-state index in [1.54, 1.807) is 0 Å². The van der Waals surface area contributed by atoms with Crippen LogP contribution in [0.4, 0.5) is 17.5 Å². The average Bonchev–Trinajstić information content (AvgIpc) is 3.43. The van der Waals surface area contributed by atoms with Crippen molar-refractivity contribution in [1.82, 2.24) is 9.97 Å². The van der Waals surface area contributed by atoms with E-state index < -0.39 is 0 Å². The maximum atomic E-state index is 4.79. The molecule has 0 bridgehead atoms. The van der Waals surface area contributed by atoms with Crippen LogP contribution in [0.5, 0.6) is 0 Å². The number of rotatable bonds is 5. The molecule has 25 heavy (non-hydrogen) atoms. The van der Waals surface area contributed by atoms with Crippen LogP contribution in [0.15, 0.2) is 28.7 Å². The maximum absolute atomic E-state index is 4.79. The molecule has 4 rings (SSSR count). The molecule has 1 heterocycles. The molecule has 1 aromatic heterocycles. The smallest absolute Gasteiger partial charge is 0.225 e. The molecule has 0 unspecified atom stereocenters. The van der Waals surface area contributed by atoms with Crippen molar-refractivity contribution in [3.8, 4) is 0 Å². The van der Waals surface area contributed by atoms with E-state index in [0.717, 1.165) is 21.9 Å². The van der Waals surface area contributed by atoms with Gasteiger partial charge in [-0.25, -0.2) is 4.98 Å².